The van der Waals surface area contributed by atoms with Crippen LogP contribution in [0.5, 0.6) is 0 Å². The van der Waals surface area contributed by atoms with Gasteiger partial charge in [0.25, 0.3) is 0 Å². The van der Waals surface area contributed by atoms with Crippen LogP contribution >= 0.6 is 0 Å². The fourth-order valence-electron chi connectivity index (χ4n) is 0. The molecule has 0 aromatic rings. The van der Waals surface area contributed by atoms with Gasteiger partial charge in [0.2, 0.25) is 0 Å². The fraction of sp³-hybridized carbons (Fsp3) is 0. The summed E-state index contributed by atoms with van der Waals surface area (Å²) < 4.78 is 154. The second-order valence-corrected chi connectivity index (χ2v) is 5.53. The van der Waals surface area contributed by atoms with E-state index < -0.39 is 92.4 Å². The minimum absolute atomic E-state index is 0. The molecule has 0 radical (unpaired) electrons. The van der Waals surface area contributed by atoms with E-state index in [9.17, 15) is 0 Å². The first-order chi connectivity index (χ1) is 10.4. The van der Waals surface area contributed by atoms with E-state index in [1.54, 1.807) is 0 Å². The summed E-state index contributed by atoms with van der Waals surface area (Å²) in [5, 5.41) is 0. The van der Waals surface area contributed by atoms with Crippen LogP contribution in [0.25, 0.3) is 0 Å². The normalized spacial score (nSPS) is 5.56. The van der Waals surface area contributed by atoms with Crippen molar-refractivity contribution in [2.24, 2.45) is 0 Å². The summed E-state index contributed by atoms with van der Waals surface area (Å²) in [6.07, 6.45) is 0. The maximum absolute atomic E-state index is 8.56. The van der Waals surface area contributed by atoms with Gasteiger partial charge in [0.15, 0.2) is 0 Å². The molecule has 0 spiro atoms. The SMILES string of the molecule is [Ca+2].[Ca+2].[Ca+2].[O]=[V](=[O])[O-].[O]=[V](=[O])[O-].[O]=[V](=[O])[O-].[O]=[V](=[O])[O-].[O]=[V](=[O])[O-].[O]=[V](=[O])[O-]. The van der Waals surface area contributed by atoms with E-state index in [2.05, 4.69) is 0 Å². The molecule has 0 heterocycles. The Balaban J connectivity index is -0.0000000201. The predicted molar refractivity (Wildman–Crippen MR) is 25.5 cm³/mol. The Morgan fingerprint density at radius 2 is 0.259 bits per heavy atom. The van der Waals surface area contributed by atoms with E-state index in [-0.39, 0.29) is 113 Å². The zero-order valence-electron chi connectivity index (χ0n) is 12.2. The van der Waals surface area contributed by atoms with Crippen LogP contribution in [0.1, 0.15) is 0 Å². The molecule has 0 rings (SSSR count). The van der Waals surface area contributed by atoms with Gasteiger partial charge in [0.05, 0.1) is 0 Å². The van der Waals surface area contributed by atoms with Crippen LogP contribution in [0, 0.1) is 0 Å². The maximum atomic E-state index is 8.56. The molecule has 0 aromatic heterocycles. The molecule has 0 aliphatic rings. The van der Waals surface area contributed by atoms with Crippen LogP contribution in [0.15, 0.2) is 0 Å². The first kappa shape index (κ1) is 58.0. The zero-order chi connectivity index (χ0) is 21.5. The Morgan fingerprint density at radius 3 is 0.259 bits per heavy atom. The summed E-state index contributed by atoms with van der Waals surface area (Å²) in [6, 6.07) is 0. The topological polar surface area (TPSA) is 343 Å². The van der Waals surface area contributed by atoms with Gasteiger partial charge in [-0.3, -0.25) is 0 Å². The van der Waals surface area contributed by atoms with Crippen molar-refractivity contribution in [3.8, 4) is 0 Å². The zero-order valence-corrected chi connectivity index (χ0v) is 27.2. The Hall–Kier alpha value is 4.65. The Kier molecular flexibility index (Phi) is 113. The van der Waals surface area contributed by atoms with Crippen LogP contribution in [0.3, 0.4) is 0 Å². The first-order valence-electron chi connectivity index (χ1n) is 3.29. The molecule has 27 heavy (non-hydrogen) atoms. The molecule has 18 nitrogen and oxygen atoms in total. The second-order valence-electron chi connectivity index (χ2n) is 1.34. The predicted octanol–water partition coefficient (Wildman–Crippen LogP) is -9.72. The van der Waals surface area contributed by atoms with Gasteiger partial charge in [-0.1, -0.05) is 0 Å². The average molecular weight is 714 g/mol. The summed E-state index contributed by atoms with van der Waals surface area (Å²) in [4.78, 5) is 0. The van der Waals surface area contributed by atoms with E-state index in [1.165, 1.54) is 0 Å². The third kappa shape index (κ3) is 1170. The van der Waals surface area contributed by atoms with Crippen molar-refractivity contribution in [2.75, 3.05) is 0 Å². The van der Waals surface area contributed by atoms with Crippen molar-refractivity contribution in [3.05, 3.63) is 0 Å². The quantitative estimate of drug-likeness (QED) is 0.210. The Bertz CT molecular complexity index is 479. The van der Waals surface area contributed by atoms with Gasteiger partial charge < -0.3 is 0 Å². The van der Waals surface area contributed by atoms with Gasteiger partial charge in [0, 0.05) is 0 Å². The summed E-state index contributed by atoms with van der Waals surface area (Å²) in [7, 11) is 0. The molecule has 0 fully saturated rings. The van der Waals surface area contributed by atoms with E-state index in [0.29, 0.717) is 0 Å². The standard InChI is InChI=1S/3Ca.18O.6V/q3*+2;;;;;;;;;;;;;6*-1;;;;;;. The van der Waals surface area contributed by atoms with Crippen LogP contribution in [0.2, 0.25) is 0 Å². The van der Waals surface area contributed by atoms with Gasteiger partial charge in [-0.05, 0) is 0 Å². The first-order valence-corrected chi connectivity index (χ1v) is 13.5. The number of hydrogen-bond donors (Lipinski definition) is 0. The molecule has 0 aliphatic carbocycles. The van der Waals surface area contributed by atoms with E-state index >= 15 is 0 Å². The van der Waals surface area contributed by atoms with Crippen molar-refractivity contribution in [2.45, 2.75) is 0 Å². The van der Waals surface area contributed by atoms with Crippen molar-refractivity contribution in [1.82, 2.24) is 0 Å². The molecule has 0 aliphatic heterocycles. The molecule has 0 saturated carbocycles. The third-order valence-electron chi connectivity index (χ3n) is 0. The summed E-state index contributed by atoms with van der Waals surface area (Å²) >= 11 is -23.6. The molecule has 0 N–H and O–H groups in total. The molecule has 0 atom stereocenters. The molecular weight excluding hydrogens is 714 g/mol. The van der Waals surface area contributed by atoms with Gasteiger partial charge in [-0.2, -0.15) is 0 Å². The molecule has 0 amide bonds. The number of hydrogen-bond acceptors (Lipinski definition) is 18. The Labute approximate surface area is 267 Å². The van der Waals surface area contributed by atoms with Crippen molar-refractivity contribution >= 4 is 113 Å². The third-order valence-corrected chi connectivity index (χ3v) is 0. The van der Waals surface area contributed by atoms with Gasteiger partial charge >= 0.3 is 274 Å². The molecule has 0 unspecified atom stereocenters. The molecule has 0 bridgehead atoms. The van der Waals surface area contributed by atoms with Crippen molar-refractivity contribution < 1.29 is 161 Å². The molecule has 0 aromatic carbocycles. The van der Waals surface area contributed by atoms with Crippen molar-refractivity contribution in [1.29, 1.82) is 0 Å². The monoisotopic (exact) mass is 713 g/mol. The average Bonchev–Trinajstić information content (AvgIpc) is 2.08. The van der Waals surface area contributed by atoms with Gasteiger partial charge in [0.1, 0.15) is 0 Å². The Morgan fingerprint density at radius 1 is 0.259 bits per heavy atom. The van der Waals surface area contributed by atoms with Crippen LogP contribution in [-0.2, 0) is 136 Å². The number of rotatable bonds is 0. The van der Waals surface area contributed by atoms with Crippen molar-refractivity contribution in [3.63, 3.8) is 0 Å². The molecule has 0 saturated heterocycles. The summed E-state index contributed by atoms with van der Waals surface area (Å²) in [5.41, 5.74) is 0. The van der Waals surface area contributed by atoms with Gasteiger partial charge in [-0.25, -0.2) is 0 Å². The summed E-state index contributed by atoms with van der Waals surface area (Å²) in [6.45, 7) is 0. The van der Waals surface area contributed by atoms with E-state index in [0.717, 1.165) is 0 Å². The fourth-order valence-corrected chi connectivity index (χ4v) is 0. The van der Waals surface area contributed by atoms with E-state index in [1.807, 2.05) is 0 Å². The minimum atomic E-state index is -3.94. The van der Waals surface area contributed by atoms with Gasteiger partial charge in [-0.15, -0.1) is 0 Å². The van der Waals surface area contributed by atoms with Crippen LogP contribution in [0.4, 0.5) is 0 Å². The van der Waals surface area contributed by atoms with Crippen LogP contribution < -0.4 is 24.2 Å². The van der Waals surface area contributed by atoms with Crippen LogP contribution in [-0.4, -0.2) is 113 Å². The molecule has 27 heteroatoms. The second kappa shape index (κ2) is 52.5. The molecular formula is Ca3O18V6. The van der Waals surface area contributed by atoms with E-state index in [4.69, 9.17) is 68.3 Å². The summed E-state index contributed by atoms with van der Waals surface area (Å²) in [5.74, 6) is 0. The molecule has 144 valence electrons.